The van der Waals surface area contributed by atoms with E-state index in [-0.39, 0.29) is 35.4 Å². The van der Waals surface area contributed by atoms with Gasteiger partial charge in [-0.25, -0.2) is 0 Å². The van der Waals surface area contributed by atoms with Crippen molar-refractivity contribution >= 4 is 35.8 Å². The molecule has 2 saturated heterocycles. The molecule has 31 heavy (non-hydrogen) atoms. The normalized spacial score (nSPS) is 27.7. The highest BCUT2D eigenvalue weighted by atomic mass is 127. The van der Waals surface area contributed by atoms with Crippen LogP contribution in [0.25, 0.3) is 0 Å². The lowest BCUT2D eigenvalue weighted by Crippen LogP contribution is -2.61. The third kappa shape index (κ3) is 6.25. The molecule has 1 amide bonds. The predicted molar refractivity (Wildman–Crippen MR) is 135 cm³/mol. The maximum Gasteiger partial charge on any atom is 0.225 e. The number of hydrogen-bond acceptors (Lipinski definition) is 4. The van der Waals surface area contributed by atoms with Crippen molar-refractivity contribution in [2.45, 2.75) is 75.8 Å². The Kier molecular flexibility index (Phi) is 9.70. The molecular weight excluding hydrogens is 505 g/mol. The molecule has 1 unspecified atom stereocenters. The van der Waals surface area contributed by atoms with Crippen molar-refractivity contribution in [2.24, 2.45) is 10.9 Å². The molecule has 2 aliphatic carbocycles. The van der Waals surface area contributed by atoms with Crippen LogP contribution in [-0.4, -0.2) is 86.2 Å². The summed E-state index contributed by atoms with van der Waals surface area (Å²) in [5.41, 5.74) is 0.222. The number of guanidine groups is 1. The van der Waals surface area contributed by atoms with Crippen LogP contribution in [0.4, 0.5) is 0 Å². The Balaban J connectivity index is 0.00000272. The van der Waals surface area contributed by atoms with Gasteiger partial charge in [0.25, 0.3) is 0 Å². The zero-order valence-corrected chi connectivity index (χ0v) is 21.6. The number of ether oxygens (including phenoxy) is 1. The van der Waals surface area contributed by atoms with Crippen LogP contribution in [0.5, 0.6) is 0 Å². The first kappa shape index (κ1) is 25.0. The SMILES string of the molecule is CN=C(NCC1(N2CCOCC2)CCCCC1)NC1CCN(C(=O)C2CCCC2)C1.I. The van der Waals surface area contributed by atoms with Crippen LogP contribution in [0, 0.1) is 5.92 Å². The molecule has 178 valence electrons. The molecule has 7 nitrogen and oxygen atoms in total. The average molecular weight is 548 g/mol. The Morgan fingerprint density at radius 3 is 2.42 bits per heavy atom. The van der Waals surface area contributed by atoms with Crippen molar-refractivity contribution in [1.82, 2.24) is 20.4 Å². The van der Waals surface area contributed by atoms with Gasteiger partial charge in [-0.2, -0.15) is 0 Å². The molecule has 0 spiro atoms. The second-order valence-electron chi connectivity index (χ2n) is 9.71. The van der Waals surface area contributed by atoms with Crippen molar-refractivity contribution < 1.29 is 9.53 Å². The highest BCUT2D eigenvalue weighted by Crippen LogP contribution is 2.34. The Morgan fingerprint density at radius 2 is 1.74 bits per heavy atom. The fourth-order valence-electron chi connectivity index (χ4n) is 6.00. The van der Waals surface area contributed by atoms with Crippen LogP contribution in [0.3, 0.4) is 0 Å². The zero-order chi connectivity index (χ0) is 20.8. The van der Waals surface area contributed by atoms with E-state index >= 15 is 0 Å². The van der Waals surface area contributed by atoms with Gasteiger partial charge >= 0.3 is 0 Å². The minimum Gasteiger partial charge on any atom is -0.379 e. The van der Waals surface area contributed by atoms with E-state index in [2.05, 4.69) is 25.4 Å². The van der Waals surface area contributed by atoms with Gasteiger partial charge < -0.3 is 20.3 Å². The van der Waals surface area contributed by atoms with E-state index in [1.807, 2.05) is 7.05 Å². The van der Waals surface area contributed by atoms with Gasteiger partial charge in [0.15, 0.2) is 5.96 Å². The Labute approximate surface area is 205 Å². The number of halogens is 1. The van der Waals surface area contributed by atoms with Gasteiger partial charge in [0.05, 0.1) is 13.2 Å². The first-order valence-corrected chi connectivity index (χ1v) is 12.3. The molecule has 0 aromatic rings. The molecule has 2 aliphatic heterocycles. The number of hydrogen-bond donors (Lipinski definition) is 2. The Morgan fingerprint density at radius 1 is 1.03 bits per heavy atom. The molecule has 2 saturated carbocycles. The van der Waals surface area contributed by atoms with Crippen molar-refractivity contribution in [3.63, 3.8) is 0 Å². The fourth-order valence-corrected chi connectivity index (χ4v) is 6.00. The summed E-state index contributed by atoms with van der Waals surface area (Å²) >= 11 is 0. The first-order valence-electron chi connectivity index (χ1n) is 12.3. The Bertz CT molecular complexity index is 599. The van der Waals surface area contributed by atoms with E-state index in [0.29, 0.717) is 11.9 Å². The van der Waals surface area contributed by atoms with Gasteiger partial charge in [-0.3, -0.25) is 14.7 Å². The summed E-state index contributed by atoms with van der Waals surface area (Å²) in [6.07, 6.45) is 12.1. The summed E-state index contributed by atoms with van der Waals surface area (Å²) in [4.78, 5) is 22.0. The van der Waals surface area contributed by atoms with Crippen molar-refractivity contribution in [3.05, 3.63) is 0 Å². The maximum atomic E-state index is 12.7. The van der Waals surface area contributed by atoms with Crippen LogP contribution >= 0.6 is 24.0 Å². The van der Waals surface area contributed by atoms with Gasteiger partial charge in [0.1, 0.15) is 0 Å². The molecule has 4 aliphatic rings. The number of carbonyl (C=O) groups is 1. The zero-order valence-electron chi connectivity index (χ0n) is 19.2. The van der Waals surface area contributed by atoms with E-state index < -0.39 is 0 Å². The smallest absolute Gasteiger partial charge is 0.225 e. The number of aliphatic imine (C=N–C) groups is 1. The summed E-state index contributed by atoms with van der Waals surface area (Å²) in [5.74, 6) is 1.54. The van der Waals surface area contributed by atoms with Gasteiger partial charge in [0, 0.05) is 57.3 Å². The highest BCUT2D eigenvalue weighted by molar-refractivity contribution is 14.0. The number of nitrogens with one attached hydrogen (secondary N) is 2. The molecule has 4 fully saturated rings. The van der Waals surface area contributed by atoms with Crippen LogP contribution < -0.4 is 10.6 Å². The van der Waals surface area contributed by atoms with Crippen molar-refractivity contribution in [1.29, 1.82) is 0 Å². The summed E-state index contributed by atoms with van der Waals surface area (Å²) in [5, 5.41) is 7.26. The molecule has 0 radical (unpaired) electrons. The Hall–Kier alpha value is -0.610. The van der Waals surface area contributed by atoms with Crippen LogP contribution in [0.1, 0.15) is 64.2 Å². The molecule has 4 rings (SSSR count). The summed E-state index contributed by atoms with van der Waals surface area (Å²) < 4.78 is 5.61. The van der Waals surface area contributed by atoms with E-state index in [1.165, 1.54) is 44.9 Å². The van der Waals surface area contributed by atoms with E-state index in [4.69, 9.17) is 4.74 Å². The summed E-state index contributed by atoms with van der Waals surface area (Å²) in [6.45, 7) is 6.39. The number of amides is 1. The third-order valence-electron chi connectivity index (χ3n) is 7.82. The fraction of sp³-hybridized carbons (Fsp3) is 0.913. The number of morpholine rings is 1. The van der Waals surface area contributed by atoms with E-state index in [9.17, 15) is 4.79 Å². The van der Waals surface area contributed by atoms with Gasteiger partial charge in [0.2, 0.25) is 5.91 Å². The highest BCUT2D eigenvalue weighted by Gasteiger charge is 2.39. The average Bonchev–Trinajstić information content (AvgIpc) is 3.50. The van der Waals surface area contributed by atoms with Gasteiger partial charge in [-0.05, 0) is 32.1 Å². The first-order chi connectivity index (χ1) is 14.7. The second kappa shape index (κ2) is 12.0. The van der Waals surface area contributed by atoms with Crippen molar-refractivity contribution in [2.75, 3.05) is 53.0 Å². The van der Waals surface area contributed by atoms with Crippen LogP contribution in [-0.2, 0) is 9.53 Å². The van der Waals surface area contributed by atoms with Gasteiger partial charge in [-0.1, -0.05) is 32.1 Å². The van der Waals surface area contributed by atoms with Crippen molar-refractivity contribution in [3.8, 4) is 0 Å². The second-order valence-corrected chi connectivity index (χ2v) is 9.71. The molecule has 2 N–H and O–H groups in total. The van der Waals surface area contributed by atoms with Crippen LogP contribution in [0.15, 0.2) is 4.99 Å². The third-order valence-corrected chi connectivity index (χ3v) is 7.82. The lowest BCUT2D eigenvalue weighted by molar-refractivity contribution is -0.134. The number of carbonyl (C=O) groups excluding carboxylic acids is 1. The standard InChI is InChI=1S/C23H41N5O2.HI/c1-24-22(26-20-9-12-27(17-20)21(29)19-7-3-4-8-19)25-18-23(10-5-2-6-11-23)28-13-15-30-16-14-28;/h19-20H,2-18H2,1H3,(H2,24,25,26);1H. The minimum atomic E-state index is 0. The molecule has 1 atom stereocenters. The van der Waals surface area contributed by atoms with Gasteiger partial charge in [-0.15, -0.1) is 24.0 Å². The number of likely N-dealkylation sites (tertiary alicyclic amines) is 1. The summed E-state index contributed by atoms with van der Waals surface area (Å²) in [6, 6.07) is 0.298. The maximum absolute atomic E-state index is 12.7. The molecule has 0 aromatic heterocycles. The lowest BCUT2D eigenvalue weighted by atomic mass is 9.80. The monoisotopic (exact) mass is 547 g/mol. The minimum absolute atomic E-state index is 0. The van der Waals surface area contributed by atoms with E-state index in [1.54, 1.807) is 0 Å². The lowest BCUT2D eigenvalue weighted by Gasteiger charge is -2.48. The molecular formula is C23H42IN5O2. The summed E-state index contributed by atoms with van der Waals surface area (Å²) in [7, 11) is 1.86. The largest absolute Gasteiger partial charge is 0.379 e. The molecule has 0 bridgehead atoms. The van der Waals surface area contributed by atoms with E-state index in [0.717, 1.165) is 71.2 Å². The topological polar surface area (TPSA) is 69.2 Å². The molecule has 0 aromatic carbocycles. The number of rotatable bonds is 5. The quantitative estimate of drug-likeness (QED) is 0.315. The molecule has 2 heterocycles. The number of nitrogens with zero attached hydrogens (tertiary/aromatic N) is 3. The molecule has 8 heteroatoms. The predicted octanol–water partition coefficient (Wildman–Crippen LogP) is 2.60. The van der Waals surface area contributed by atoms with Crippen LogP contribution in [0.2, 0.25) is 0 Å².